The maximum atomic E-state index is 13.4. The molecule has 3 N–H and O–H groups in total. The molecule has 1 aliphatic carbocycles. The van der Waals surface area contributed by atoms with E-state index < -0.39 is 6.29 Å². The second kappa shape index (κ2) is 9.67. The molecule has 8 nitrogen and oxygen atoms in total. The molecule has 1 fully saturated rings. The first-order valence-electron chi connectivity index (χ1n) is 8.58. The number of hydrogen-bond donors (Lipinski definition) is 3. The normalized spacial score (nSPS) is 23.1. The van der Waals surface area contributed by atoms with Gasteiger partial charge in [0.05, 0.1) is 6.54 Å². The number of ether oxygens (including phenoxy) is 2. The van der Waals surface area contributed by atoms with E-state index in [1.165, 1.54) is 12.2 Å². The Morgan fingerprint density at radius 1 is 1.29 bits per heavy atom. The molecule has 0 atom stereocenters. The molecule has 28 heavy (non-hydrogen) atoms. The molecule has 0 unspecified atom stereocenters. The van der Waals surface area contributed by atoms with E-state index in [4.69, 9.17) is 0 Å². The fourth-order valence-corrected chi connectivity index (χ4v) is 2.38. The van der Waals surface area contributed by atoms with Crippen LogP contribution in [0.4, 0.5) is 8.78 Å². The lowest BCUT2D eigenvalue weighted by Gasteiger charge is -2.19. The first-order chi connectivity index (χ1) is 13.3. The minimum atomic E-state index is -3.67. The van der Waals surface area contributed by atoms with Crippen LogP contribution >= 0.6 is 0 Å². The van der Waals surface area contributed by atoms with Crippen molar-refractivity contribution in [2.24, 2.45) is 9.98 Å². The minimum absolute atomic E-state index is 0.116. The highest BCUT2D eigenvalue weighted by Crippen LogP contribution is 2.35. The van der Waals surface area contributed by atoms with Crippen molar-refractivity contribution in [3.63, 3.8) is 0 Å². The van der Waals surface area contributed by atoms with Crippen LogP contribution in [0.15, 0.2) is 57.3 Å². The highest BCUT2D eigenvalue weighted by Gasteiger charge is 2.40. The van der Waals surface area contributed by atoms with Crippen LogP contribution in [0.25, 0.3) is 0 Å². The zero-order valence-corrected chi connectivity index (χ0v) is 15.9. The number of alkyl halides is 2. The molecular weight excluding hydrogens is 372 g/mol. The molecule has 1 amide bonds. The van der Waals surface area contributed by atoms with Crippen LogP contribution in [0.2, 0.25) is 0 Å². The van der Waals surface area contributed by atoms with Gasteiger partial charge in [-0.05, 0) is 19.9 Å². The number of halogens is 2. The van der Waals surface area contributed by atoms with Gasteiger partial charge in [-0.3, -0.25) is 15.1 Å². The SMILES string of the molecule is CN/C=C\N=C(C)C.O=CNC1=NCC2=C(/C=C3\CC/C(=C\2)OC(F)(F)O3)N1. The van der Waals surface area contributed by atoms with Crippen molar-refractivity contribution >= 4 is 18.1 Å². The lowest BCUT2D eigenvalue weighted by atomic mass is 10.1. The number of allylic oxidation sites excluding steroid dienone is 3. The van der Waals surface area contributed by atoms with Gasteiger partial charge < -0.3 is 20.1 Å². The van der Waals surface area contributed by atoms with Crippen molar-refractivity contribution in [2.45, 2.75) is 33.0 Å². The fourth-order valence-electron chi connectivity index (χ4n) is 2.38. The Morgan fingerprint density at radius 3 is 2.57 bits per heavy atom. The number of nitrogens with zero attached hydrogens (tertiary/aromatic N) is 2. The molecule has 0 spiro atoms. The Kier molecular flexibility index (Phi) is 7.30. The van der Waals surface area contributed by atoms with Crippen LogP contribution in [-0.2, 0) is 14.3 Å². The molecule has 0 saturated carbocycles. The third-order valence-electron chi connectivity index (χ3n) is 3.53. The molecule has 0 aromatic heterocycles. The maximum Gasteiger partial charge on any atom is 0.585 e. The first kappa shape index (κ1) is 21.1. The molecule has 3 rings (SSSR count). The molecule has 152 valence electrons. The van der Waals surface area contributed by atoms with Gasteiger partial charge in [0.1, 0.15) is 11.5 Å². The summed E-state index contributed by atoms with van der Waals surface area (Å²) in [4.78, 5) is 18.5. The summed E-state index contributed by atoms with van der Waals surface area (Å²) in [7, 11) is 1.84. The van der Waals surface area contributed by atoms with Crippen molar-refractivity contribution in [3.05, 3.63) is 47.3 Å². The average molecular weight is 395 g/mol. The summed E-state index contributed by atoms with van der Waals surface area (Å²) in [5.41, 5.74) is 2.31. The number of carbonyl (C=O) groups excluding carboxylic acids is 1. The average Bonchev–Trinajstić information content (AvgIpc) is 2.71. The van der Waals surface area contributed by atoms with E-state index in [0.29, 0.717) is 30.5 Å². The molecule has 0 aromatic carbocycles. The van der Waals surface area contributed by atoms with Crippen molar-refractivity contribution < 1.29 is 23.0 Å². The van der Waals surface area contributed by atoms with E-state index in [1.807, 2.05) is 20.9 Å². The molecule has 2 aliphatic heterocycles. The van der Waals surface area contributed by atoms with Crippen LogP contribution in [0.3, 0.4) is 0 Å². The van der Waals surface area contributed by atoms with Gasteiger partial charge in [-0.25, -0.2) is 4.99 Å². The lowest BCUT2D eigenvalue weighted by molar-refractivity contribution is -0.358. The lowest BCUT2D eigenvalue weighted by Crippen LogP contribution is -2.38. The molecule has 10 heteroatoms. The molecule has 2 bridgehead atoms. The molecule has 3 aliphatic rings. The third kappa shape index (κ3) is 6.53. The monoisotopic (exact) mass is 395 g/mol. The number of amides is 1. The summed E-state index contributed by atoms with van der Waals surface area (Å²) in [6, 6.07) is 0. The zero-order chi connectivity index (χ0) is 20.6. The first-order valence-corrected chi connectivity index (χ1v) is 8.58. The Bertz CT molecular complexity index is 778. The summed E-state index contributed by atoms with van der Waals surface area (Å²) in [6.45, 7) is 4.17. The van der Waals surface area contributed by atoms with Gasteiger partial charge in [-0.15, -0.1) is 8.78 Å². The number of guanidine groups is 1. The molecule has 1 saturated heterocycles. The number of hydrogen-bond acceptors (Lipinski definition) is 7. The predicted octanol–water partition coefficient (Wildman–Crippen LogP) is 2.26. The predicted molar refractivity (Wildman–Crippen MR) is 101 cm³/mol. The van der Waals surface area contributed by atoms with E-state index >= 15 is 0 Å². The van der Waals surface area contributed by atoms with Gasteiger partial charge >= 0.3 is 6.29 Å². The quantitative estimate of drug-likeness (QED) is 0.503. The van der Waals surface area contributed by atoms with Gasteiger partial charge in [0, 0.05) is 55.3 Å². The molecule has 0 radical (unpaired) electrons. The summed E-state index contributed by atoms with van der Waals surface area (Å²) >= 11 is 0. The van der Waals surface area contributed by atoms with Crippen LogP contribution in [0, 0.1) is 0 Å². The van der Waals surface area contributed by atoms with E-state index in [1.54, 1.807) is 12.4 Å². The number of rotatable bonds is 3. The van der Waals surface area contributed by atoms with Gasteiger partial charge in [-0.1, -0.05) is 0 Å². The molecule has 0 aromatic rings. The zero-order valence-electron chi connectivity index (χ0n) is 15.9. The van der Waals surface area contributed by atoms with Crippen molar-refractivity contribution in [3.8, 4) is 0 Å². The van der Waals surface area contributed by atoms with E-state index in [2.05, 4.69) is 35.4 Å². The molecule has 2 heterocycles. The highest BCUT2D eigenvalue weighted by atomic mass is 19.3. The van der Waals surface area contributed by atoms with E-state index in [-0.39, 0.29) is 24.0 Å². The number of carbonyl (C=O) groups is 1. The van der Waals surface area contributed by atoms with Gasteiger partial charge in [-0.2, -0.15) is 0 Å². The summed E-state index contributed by atoms with van der Waals surface area (Å²) in [6.07, 6.45) is 3.98. The van der Waals surface area contributed by atoms with Crippen LogP contribution < -0.4 is 16.0 Å². The maximum absolute atomic E-state index is 13.4. The largest absolute Gasteiger partial charge is 0.585 e. The summed E-state index contributed by atoms with van der Waals surface area (Å²) in [5.74, 6) is 0.525. The van der Waals surface area contributed by atoms with Crippen LogP contribution in [0.1, 0.15) is 26.7 Å². The van der Waals surface area contributed by atoms with Crippen LogP contribution in [-0.4, -0.2) is 38.0 Å². The second-order valence-corrected chi connectivity index (χ2v) is 6.06. The van der Waals surface area contributed by atoms with Crippen molar-refractivity contribution in [1.29, 1.82) is 0 Å². The Labute approximate surface area is 161 Å². The fraction of sp³-hybridized carbons (Fsp3) is 0.389. The van der Waals surface area contributed by atoms with Gasteiger partial charge in [0.2, 0.25) is 12.4 Å². The Hall–Kier alpha value is -3.17. The van der Waals surface area contributed by atoms with E-state index in [0.717, 1.165) is 5.71 Å². The van der Waals surface area contributed by atoms with Crippen molar-refractivity contribution in [2.75, 3.05) is 13.6 Å². The third-order valence-corrected chi connectivity index (χ3v) is 3.53. The van der Waals surface area contributed by atoms with Gasteiger partial charge in [0.25, 0.3) is 0 Å². The minimum Gasteiger partial charge on any atom is -0.404 e. The standard InChI is InChI=1S/C12H11F2N3O3.C6H12N2/c13-12(14)19-8-1-2-9(20-12)4-10-7(3-8)5-15-11(17-10)16-6-18;1-6(2)8-5-4-7-3/h3-4,6H,1-2,5H2,(H2,15,16,17,18);4-5,7H,1-3H3/b8-3+,9-4+;5-4-. The van der Waals surface area contributed by atoms with E-state index in [9.17, 15) is 13.6 Å². The van der Waals surface area contributed by atoms with Gasteiger partial charge in [0.15, 0.2) is 0 Å². The smallest absolute Gasteiger partial charge is 0.404 e. The Morgan fingerprint density at radius 2 is 1.96 bits per heavy atom. The number of aliphatic imine (C=N–C) groups is 2. The summed E-state index contributed by atoms with van der Waals surface area (Å²) in [5, 5.41) is 8.07. The highest BCUT2D eigenvalue weighted by molar-refractivity contribution is 5.91. The second-order valence-electron chi connectivity index (χ2n) is 6.06. The number of nitrogens with one attached hydrogen (secondary N) is 3. The Balaban J connectivity index is 0.000000300. The topological polar surface area (TPSA) is 96.3 Å². The summed E-state index contributed by atoms with van der Waals surface area (Å²) < 4.78 is 35.9. The van der Waals surface area contributed by atoms with Crippen molar-refractivity contribution in [1.82, 2.24) is 16.0 Å². The number of fused-ring (bicyclic) bond motifs is 3. The van der Waals surface area contributed by atoms with Crippen LogP contribution in [0.5, 0.6) is 0 Å². The molecular formula is C18H23F2N5O3.